The fourth-order valence-electron chi connectivity index (χ4n) is 1.76. The molecule has 18 heavy (non-hydrogen) atoms. The maximum absolute atomic E-state index is 11.8. The van der Waals surface area contributed by atoms with Crippen molar-refractivity contribution in [1.29, 1.82) is 0 Å². The topological polar surface area (TPSA) is 53.1 Å². The Kier molecular flexibility index (Phi) is 5.40. The van der Waals surface area contributed by atoms with Gasteiger partial charge in [0.25, 0.3) is 0 Å². The number of carbonyl (C=O) groups excluding carboxylic acids is 2. The Hall–Kier alpha value is -1.30. The van der Waals surface area contributed by atoms with Crippen molar-refractivity contribution in [2.45, 2.75) is 20.0 Å². The Bertz CT molecular complexity index is 297. The van der Waals surface area contributed by atoms with Crippen LogP contribution >= 0.6 is 0 Å². The minimum Gasteiger partial charge on any atom is -0.369 e. The van der Waals surface area contributed by atoms with Crippen LogP contribution in [0.5, 0.6) is 0 Å². The van der Waals surface area contributed by atoms with Crippen LogP contribution < -0.4 is 0 Å². The Morgan fingerprint density at radius 1 is 1.11 bits per heavy atom. The van der Waals surface area contributed by atoms with Gasteiger partial charge in [0.15, 0.2) is 0 Å². The SMILES string of the molecule is CC(C)OCC(=O)N1CCN(C(=O)N(C)C)CC1. The van der Waals surface area contributed by atoms with Crippen molar-refractivity contribution in [3.05, 3.63) is 0 Å². The molecule has 1 rings (SSSR count). The molecule has 0 saturated carbocycles. The lowest BCUT2D eigenvalue weighted by molar-refractivity contribution is -0.139. The first-order valence-electron chi connectivity index (χ1n) is 6.27. The van der Waals surface area contributed by atoms with Gasteiger partial charge in [0.2, 0.25) is 5.91 Å². The van der Waals surface area contributed by atoms with Gasteiger partial charge in [-0.25, -0.2) is 4.79 Å². The molecule has 1 aliphatic heterocycles. The van der Waals surface area contributed by atoms with Gasteiger partial charge in [0, 0.05) is 40.3 Å². The van der Waals surface area contributed by atoms with E-state index in [-0.39, 0.29) is 24.6 Å². The minimum atomic E-state index is 0.000490. The van der Waals surface area contributed by atoms with Crippen LogP contribution in [0.15, 0.2) is 0 Å². The summed E-state index contributed by atoms with van der Waals surface area (Å²) in [5.41, 5.74) is 0. The van der Waals surface area contributed by atoms with E-state index in [1.54, 1.807) is 28.8 Å². The van der Waals surface area contributed by atoms with Crippen LogP contribution in [-0.2, 0) is 9.53 Å². The van der Waals surface area contributed by atoms with E-state index in [0.717, 1.165) is 0 Å². The molecule has 0 N–H and O–H groups in total. The summed E-state index contributed by atoms with van der Waals surface area (Å²) in [6, 6.07) is 0.000490. The first-order valence-corrected chi connectivity index (χ1v) is 6.27. The molecule has 104 valence electrons. The van der Waals surface area contributed by atoms with Crippen molar-refractivity contribution in [3.8, 4) is 0 Å². The van der Waals surface area contributed by atoms with Crippen molar-refractivity contribution in [3.63, 3.8) is 0 Å². The Morgan fingerprint density at radius 3 is 2.06 bits per heavy atom. The van der Waals surface area contributed by atoms with Gasteiger partial charge in [-0.1, -0.05) is 0 Å². The molecule has 1 aliphatic rings. The lowest BCUT2D eigenvalue weighted by Gasteiger charge is -2.36. The third-order valence-electron chi connectivity index (χ3n) is 2.83. The van der Waals surface area contributed by atoms with Crippen molar-refractivity contribution in [2.75, 3.05) is 46.9 Å². The van der Waals surface area contributed by atoms with Crippen LogP contribution in [0.25, 0.3) is 0 Å². The van der Waals surface area contributed by atoms with Crippen LogP contribution in [0.1, 0.15) is 13.8 Å². The molecule has 6 nitrogen and oxygen atoms in total. The highest BCUT2D eigenvalue weighted by Gasteiger charge is 2.24. The van der Waals surface area contributed by atoms with Gasteiger partial charge in [-0.15, -0.1) is 0 Å². The smallest absolute Gasteiger partial charge is 0.319 e. The summed E-state index contributed by atoms with van der Waals surface area (Å²) >= 11 is 0. The first kappa shape index (κ1) is 14.8. The summed E-state index contributed by atoms with van der Waals surface area (Å²) in [4.78, 5) is 28.6. The zero-order valence-corrected chi connectivity index (χ0v) is 11.7. The molecule has 0 aliphatic carbocycles. The van der Waals surface area contributed by atoms with Gasteiger partial charge in [-0.05, 0) is 13.8 Å². The molecule has 1 saturated heterocycles. The van der Waals surface area contributed by atoms with Crippen molar-refractivity contribution in [1.82, 2.24) is 14.7 Å². The number of carbonyl (C=O) groups is 2. The third-order valence-corrected chi connectivity index (χ3v) is 2.83. The molecule has 0 unspecified atom stereocenters. The van der Waals surface area contributed by atoms with E-state index in [0.29, 0.717) is 26.2 Å². The lowest BCUT2D eigenvalue weighted by atomic mass is 10.3. The Morgan fingerprint density at radius 2 is 1.61 bits per heavy atom. The van der Waals surface area contributed by atoms with E-state index >= 15 is 0 Å². The molecule has 0 radical (unpaired) electrons. The fraction of sp³-hybridized carbons (Fsp3) is 0.833. The number of urea groups is 1. The number of piperazine rings is 1. The number of nitrogens with zero attached hydrogens (tertiary/aromatic N) is 3. The van der Waals surface area contributed by atoms with Crippen LogP contribution in [0.3, 0.4) is 0 Å². The average molecular weight is 257 g/mol. The predicted molar refractivity (Wildman–Crippen MR) is 68.3 cm³/mol. The lowest BCUT2D eigenvalue weighted by Crippen LogP contribution is -2.53. The minimum absolute atomic E-state index is 0.000490. The van der Waals surface area contributed by atoms with Crippen LogP contribution in [0.2, 0.25) is 0 Å². The summed E-state index contributed by atoms with van der Waals surface area (Å²) in [7, 11) is 3.46. The van der Waals surface area contributed by atoms with Crippen molar-refractivity contribution < 1.29 is 14.3 Å². The second kappa shape index (κ2) is 6.58. The van der Waals surface area contributed by atoms with Gasteiger partial charge >= 0.3 is 6.03 Å². The van der Waals surface area contributed by atoms with Crippen LogP contribution in [0, 0.1) is 0 Å². The summed E-state index contributed by atoms with van der Waals surface area (Å²) in [6.07, 6.45) is 0.0607. The van der Waals surface area contributed by atoms with E-state index in [2.05, 4.69) is 0 Å². The van der Waals surface area contributed by atoms with E-state index in [1.807, 2.05) is 13.8 Å². The summed E-state index contributed by atoms with van der Waals surface area (Å²) < 4.78 is 5.29. The predicted octanol–water partition coefficient (Wildman–Crippen LogP) is 0.237. The molecule has 0 aromatic rings. The van der Waals surface area contributed by atoms with Crippen LogP contribution in [0.4, 0.5) is 4.79 Å². The average Bonchev–Trinajstić information content (AvgIpc) is 2.35. The quantitative estimate of drug-likeness (QED) is 0.727. The molecule has 3 amide bonds. The molecule has 6 heteroatoms. The summed E-state index contributed by atoms with van der Waals surface area (Å²) in [5, 5.41) is 0. The van der Waals surface area contributed by atoms with E-state index < -0.39 is 0 Å². The fourth-order valence-corrected chi connectivity index (χ4v) is 1.76. The second-order valence-electron chi connectivity index (χ2n) is 4.90. The molecular formula is C12H23N3O3. The highest BCUT2D eigenvalue weighted by atomic mass is 16.5. The number of ether oxygens (including phenoxy) is 1. The zero-order chi connectivity index (χ0) is 13.7. The first-order chi connectivity index (χ1) is 8.41. The van der Waals surface area contributed by atoms with E-state index in [9.17, 15) is 9.59 Å². The van der Waals surface area contributed by atoms with E-state index in [1.165, 1.54) is 0 Å². The van der Waals surface area contributed by atoms with Gasteiger partial charge in [-0.3, -0.25) is 4.79 Å². The molecule has 1 fully saturated rings. The normalized spacial score (nSPS) is 16.1. The van der Waals surface area contributed by atoms with Crippen molar-refractivity contribution in [2.24, 2.45) is 0 Å². The Labute approximate surface area is 108 Å². The third kappa shape index (κ3) is 4.18. The zero-order valence-electron chi connectivity index (χ0n) is 11.7. The standard InChI is InChI=1S/C12H23N3O3/c1-10(2)18-9-11(16)14-5-7-15(8-6-14)12(17)13(3)4/h10H,5-9H2,1-4H3. The Balaban J connectivity index is 2.35. The van der Waals surface area contributed by atoms with Gasteiger partial charge in [0.1, 0.15) is 6.61 Å². The summed E-state index contributed by atoms with van der Waals surface area (Å²) in [5.74, 6) is 0.000604. The monoisotopic (exact) mass is 257 g/mol. The molecule has 0 bridgehead atoms. The number of hydrogen-bond donors (Lipinski definition) is 0. The maximum Gasteiger partial charge on any atom is 0.319 e. The maximum atomic E-state index is 11.8. The molecule has 0 aromatic carbocycles. The molecule has 0 spiro atoms. The number of amides is 3. The number of hydrogen-bond acceptors (Lipinski definition) is 3. The van der Waals surface area contributed by atoms with Gasteiger partial charge in [-0.2, -0.15) is 0 Å². The van der Waals surface area contributed by atoms with E-state index in [4.69, 9.17) is 4.74 Å². The van der Waals surface area contributed by atoms with Gasteiger partial charge in [0.05, 0.1) is 6.10 Å². The molecule has 1 heterocycles. The highest BCUT2D eigenvalue weighted by molar-refractivity contribution is 5.78. The number of rotatable bonds is 3. The molecular weight excluding hydrogens is 234 g/mol. The summed E-state index contributed by atoms with van der Waals surface area (Å²) in [6.45, 7) is 6.27. The van der Waals surface area contributed by atoms with Gasteiger partial charge < -0.3 is 19.4 Å². The highest BCUT2D eigenvalue weighted by Crippen LogP contribution is 2.05. The van der Waals surface area contributed by atoms with Crippen LogP contribution in [-0.4, -0.2) is 79.6 Å². The second-order valence-corrected chi connectivity index (χ2v) is 4.90. The molecule has 0 aromatic heterocycles. The largest absolute Gasteiger partial charge is 0.369 e. The molecule has 0 atom stereocenters. The van der Waals surface area contributed by atoms with Crippen molar-refractivity contribution >= 4 is 11.9 Å².